The van der Waals surface area contributed by atoms with Crippen LogP contribution in [0.3, 0.4) is 0 Å². The number of hydrogen-bond acceptors (Lipinski definition) is 4. The fourth-order valence-corrected chi connectivity index (χ4v) is 3.78. The van der Waals surface area contributed by atoms with Gasteiger partial charge in [0.15, 0.2) is 5.82 Å². The molecule has 1 aromatic heterocycles. The second-order valence-electron chi connectivity index (χ2n) is 4.93. The Morgan fingerprint density at radius 2 is 2.00 bits per heavy atom. The highest BCUT2D eigenvalue weighted by Gasteiger charge is 2.35. The summed E-state index contributed by atoms with van der Waals surface area (Å²) in [6.45, 7) is 0.547. The van der Waals surface area contributed by atoms with Gasteiger partial charge < -0.3 is 0 Å². The van der Waals surface area contributed by atoms with Crippen LogP contribution in [-0.4, -0.2) is 40.3 Å². The molecular formula is C13H16N4O2S. The third kappa shape index (κ3) is 2.34. The summed E-state index contributed by atoms with van der Waals surface area (Å²) in [7, 11) is -3.22. The zero-order valence-electron chi connectivity index (χ0n) is 11.2. The lowest BCUT2D eigenvalue weighted by Crippen LogP contribution is -2.30. The van der Waals surface area contributed by atoms with Gasteiger partial charge in [0, 0.05) is 12.2 Å². The molecule has 0 N–H and O–H groups in total. The molecule has 2 aromatic rings. The SMILES string of the molecule is CS(=O)(=O)N1CCCC1c1nncn1-c1ccccc1. The monoisotopic (exact) mass is 292 g/mol. The quantitative estimate of drug-likeness (QED) is 0.856. The van der Waals surface area contributed by atoms with Gasteiger partial charge in [-0.3, -0.25) is 4.57 Å². The van der Waals surface area contributed by atoms with Gasteiger partial charge in [0.1, 0.15) is 6.33 Å². The number of nitrogens with zero attached hydrogens (tertiary/aromatic N) is 4. The Morgan fingerprint density at radius 3 is 2.70 bits per heavy atom. The Labute approximate surface area is 118 Å². The summed E-state index contributed by atoms with van der Waals surface area (Å²) < 4.78 is 27.1. The van der Waals surface area contributed by atoms with Crippen molar-refractivity contribution in [1.29, 1.82) is 0 Å². The third-order valence-corrected chi connectivity index (χ3v) is 4.83. The van der Waals surface area contributed by atoms with E-state index < -0.39 is 10.0 Å². The molecule has 0 amide bonds. The van der Waals surface area contributed by atoms with Gasteiger partial charge >= 0.3 is 0 Å². The Hall–Kier alpha value is -1.73. The third-order valence-electron chi connectivity index (χ3n) is 3.54. The zero-order valence-corrected chi connectivity index (χ0v) is 12.0. The van der Waals surface area contributed by atoms with Crippen LogP contribution in [0.25, 0.3) is 5.69 Å². The Kier molecular flexibility index (Phi) is 3.31. The molecule has 20 heavy (non-hydrogen) atoms. The van der Waals surface area contributed by atoms with Gasteiger partial charge in [-0.15, -0.1) is 10.2 Å². The van der Waals surface area contributed by atoms with Gasteiger partial charge in [-0.05, 0) is 25.0 Å². The van der Waals surface area contributed by atoms with Crippen LogP contribution < -0.4 is 0 Å². The second-order valence-corrected chi connectivity index (χ2v) is 6.86. The predicted molar refractivity (Wildman–Crippen MR) is 74.9 cm³/mol. The minimum absolute atomic E-state index is 0.229. The highest BCUT2D eigenvalue weighted by atomic mass is 32.2. The molecular weight excluding hydrogens is 276 g/mol. The molecule has 0 aliphatic carbocycles. The topological polar surface area (TPSA) is 68.1 Å². The highest BCUT2D eigenvalue weighted by molar-refractivity contribution is 7.88. The number of aromatic nitrogens is 3. The molecule has 106 valence electrons. The molecule has 7 heteroatoms. The van der Waals surface area contributed by atoms with Crippen LogP contribution in [0.4, 0.5) is 0 Å². The first-order chi connectivity index (χ1) is 9.57. The maximum absolute atomic E-state index is 11.9. The molecule has 1 saturated heterocycles. The van der Waals surface area contributed by atoms with Crippen LogP contribution in [0.5, 0.6) is 0 Å². The van der Waals surface area contributed by atoms with Crippen molar-refractivity contribution in [2.24, 2.45) is 0 Å². The Balaban J connectivity index is 2.02. The van der Waals surface area contributed by atoms with Gasteiger partial charge in [0.2, 0.25) is 10.0 Å². The van der Waals surface area contributed by atoms with Gasteiger partial charge in [-0.2, -0.15) is 4.31 Å². The van der Waals surface area contributed by atoms with E-state index in [2.05, 4.69) is 10.2 Å². The molecule has 1 aromatic carbocycles. The molecule has 1 fully saturated rings. The van der Waals surface area contributed by atoms with Crippen LogP contribution in [0.15, 0.2) is 36.7 Å². The molecule has 1 aliphatic heterocycles. The number of benzene rings is 1. The fraction of sp³-hybridized carbons (Fsp3) is 0.385. The van der Waals surface area contributed by atoms with Crippen molar-refractivity contribution in [3.8, 4) is 5.69 Å². The van der Waals surface area contributed by atoms with E-state index in [4.69, 9.17) is 0 Å². The van der Waals surface area contributed by atoms with Crippen molar-refractivity contribution in [3.63, 3.8) is 0 Å². The van der Waals surface area contributed by atoms with E-state index in [0.29, 0.717) is 12.4 Å². The van der Waals surface area contributed by atoms with E-state index in [0.717, 1.165) is 18.5 Å². The molecule has 0 spiro atoms. The molecule has 2 heterocycles. The summed E-state index contributed by atoms with van der Waals surface area (Å²) in [5.74, 6) is 0.680. The molecule has 6 nitrogen and oxygen atoms in total. The summed E-state index contributed by atoms with van der Waals surface area (Å²) >= 11 is 0. The number of sulfonamides is 1. The summed E-state index contributed by atoms with van der Waals surface area (Å²) in [6, 6.07) is 9.47. The Bertz CT molecular complexity index is 696. The van der Waals surface area contributed by atoms with Crippen LogP contribution in [-0.2, 0) is 10.0 Å². The first kappa shape index (κ1) is 13.3. The standard InChI is InChI=1S/C13H16N4O2S/c1-20(18,19)17-9-5-8-12(17)13-15-14-10-16(13)11-6-3-2-4-7-11/h2-4,6-7,10,12H,5,8-9H2,1H3. The van der Waals surface area contributed by atoms with Crippen molar-refractivity contribution < 1.29 is 8.42 Å². The summed E-state index contributed by atoms with van der Waals surface area (Å²) in [4.78, 5) is 0. The maximum Gasteiger partial charge on any atom is 0.211 e. The van der Waals surface area contributed by atoms with E-state index in [-0.39, 0.29) is 6.04 Å². The molecule has 1 aliphatic rings. The first-order valence-electron chi connectivity index (χ1n) is 6.49. The maximum atomic E-state index is 11.9. The van der Waals surface area contributed by atoms with E-state index in [1.165, 1.54) is 10.6 Å². The van der Waals surface area contributed by atoms with Crippen molar-refractivity contribution in [2.45, 2.75) is 18.9 Å². The molecule has 0 saturated carbocycles. The number of hydrogen-bond donors (Lipinski definition) is 0. The Morgan fingerprint density at radius 1 is 1.25 bits per heavy atom. The van der Waals surface area contributed by atoms with Crippen LogP contribution in [0.1, 0.15) is 24.7 Å². The smallest absolute Gasteiger partial charge is 0.211 e. The average molecular weight is 292 g/mol. The normalized spacial score (nSPS) is 20.4. The van der Waals surface area contributed by atoms with Crippen LogP contribution >= 0.6 is 0 Å². The molecule has 0 radical (unpaired) electrons. The lowest BCUT2D eigenvalue weighted by atomic mass is 10.2. The largest absolute Gasteiger partial charge is 0.284 e. The van der Waals surface area contributed by atoms with E-state index in [1.54, 1.807) is 6.33 Å². The summed E-state index contributed by atoms with van der Waals surface area (Å²) in [5, 5.41) is 8.10. The predicted octanol–water partition coefficient (Wildman–Crippen LogP) is 1.36. The van der Waals surface area contributed by atoms with Gasteiger partial charge in [-0.25, -0.2) is 8.42 Å². The lowest BCUT2D eigenvalue weighted by molar-refractivity contribution is 0.383. The minimum Gasteiger partial charge on any atom is -0.284 e. The highest BCUT2D eigenvalue weighted by Crippen LogP contribution is 2.33. The molecule has 3 rings (SSSR count). The number of para-hydroxylation sites is 1. The van der Waals surface area contributed by atoms with E-state index >= 15 is 0 Å². The minimum atomic E-state index is -3.22. The fourth-order valence-electron chi connectivity index (χ4n) is 2.65. The second kappa shape index (κ2) is 4.99. The van der Waals surface area contributed by atoms with Crippen molar-refractivity contribution in [2.75, 3.05) is 12.8 Å². The first-order valence-corrected chi connectivity index (χ1v) is 8.34. The van der Waals surface area contributed by atoms with Gasteiger partial charge in [0.25, 0.3) is 0 Å². The van der Waals surface area contributed by atoms with Gasteiger partial charge in [-0.1, -0.05) is 18.2 Å². The molecule has 0 bridgehead atoms. The lowest BCUT2D eigenvalue weighted by Gasteiger charge is -2.21. The average Bonchev–Trinajstić information content (AvgIpc) is 3.07. The van der Waals surface area contributed by atoms with E-state index in [1.807, 2.05) is 34.9 Å². The zero-order chi connectivity index (χ0) is 14.2. The van der Waals surface area contributed by atoms with E-state index in [9.17, 15) is 8.42 Å². The van der Waals surface area contributed by atoms with Crippen LogP contribution in [0.2, 0.25) is 0 Å². The van der Waals surface area contributed by atoms with Crippen molar-refractivity contribution in [3.05, 3.63) is 42.5 Å². The number of rotatable bonds is 3. The van der Waals surface area contributed by atoms with Crippen LogP contribution in [0, 0.1) is 0 Å². The molecule has 1 atom stereocenters. The van der Waals surface area contributed by atoms with Crippen molar-refractivity contribution >= 4 is 10.0 Å². The summed E-state index contributed by atoms with van der Waals surface area (Å²) in [5.41, 5.74) is 0.938. The molecule has 1 unspecified atom stereocenters. The van der Waals surface area contributed by atoms with Crippen molar-refractivity contribution in [1.82, 2.24) is 19.1 Å². The summed E-state index contributed by atoms with van der Waals surface area (Å²) in [6.07, 6.45) is 4.50. The van der Waals surface area contributed by atoms with Gasteiger partial charge in [0.05, 0.1) is 12.3 Å².